The van der Waals surface area contributed by atoms with E-state index < -0.39 is 23.9 Å². The number of aromatic nitrogens is 1. The zero-order valence-corrected chi connectivity index (χ0v) is 23.9. The Kier molecular flexibility index (Phi) is 8.49. The van der Waals surface area contributed by atoms with Gasteiger partial charge in [0.05, 0.1) is 18.2 Å². The van der Waals surface area contributed by atoms with Crippen molar-refractivity contribution in [2.75, 3.05) is 19.7 Å². The number of hydrogen-bond acceptors (Lipinski definition) is 6. The molecule has 3 amide bonds. The molecule has 1 saturated heterocycles. The van der Waals surface area contributed by atoms with Gasteiger partial charge in [-0.2, -0.15) is 0 Å². The molecule has 4 aromatic rings. The van der Waals surface area contributed by atoms with Gasteiger partial charge >= 0.3 is 0 Å². The van der Waals surface area contributed by atoms with Crippen molar-refractivity contribution in [3.05, 3.63) is 114 Å². The molecule has 0 spiro atoms. The normalized spacial score (nSPS) is 18.3. The van der Waals surface area contributed by atoms with Crippen LogP contribution in [0.3, 0.4) is 0 Å². The van der Waals surface area contributed by atoms with Crippen molar-refractivity contribution in [3.63, 3.8) is 0 Å². The van der Waals surface area contributed by atoms with Crippen molar-refractivity contribution in [2.24, 2.45) is 0 Å². The highest BCUT2D eigenvalue weighted by atomic mass is 19.1. The van der Waals surface area contributed by atoms with Gasteiger partial charge in [0.25, 0.3) is 11.8 Å². The van der Waals surface area contributed by atoms with E-state index in [9.17, 15) is 14.4 Å². The maximum Gasteiger partial charge on any atom is 0.258 e. The van der Waals surface area contributed by atoms with E-state index in [-0.39, 0.29) is 43.5 Å². The summed E-state index contributed by atoms with van der Waals surface area (Å²) >= 11 is 0. The monoisotopic (exact) mass is 594 g/mol. The third-order valence-electron chi connectivity index (χ3n) is 7.71. The summed E-state index contributed by atoms with van der Waals surface area (Å²) in [4.78, 5) is 45.1. The first-order valence-corrected chi connectivity index (χ1v) is 14.4. The molecule has 2 atom stereocenters. The van der Waals surface area contributed by atoms with E-state index in [4.69, 9.17) is 9.47 Å². The third-order valence-corrected chi connectivity index (χ3v) is 7.71. The molecule has 1 fully saturated rings. The Morgan fingerprint density at radius 3 is 2.59 bits per heavy atom. The van der Waals surface area contributed by atoms with Crippen LogP contribution in [0, 0.1) is 5.82 Å². The second-order valence-electron chi connectivity index (χ2n) is 10.8. The van der Waals surface area contributed by atoms with Crippen LogP contribution in [0.4, 0.5) is 4.39 Å². The van der Waals surface area contributed by atoms with Crippen LogP contribution in [0.5, 0.6) is 11.5 Å². The molecule has 0 saturated carbocycles. The second-order valence-corrected chi connectivity index (χ2v) is 10.8. The number of rotatable bonds is 3. The number of halogens is 1. The van der Waals surface area contributed by atoms with E-state index >= 15 is 4.39 Å². The van der Waals surface area contributed by atoms with Gasteiger partial charge in [0, 0.05) is 31.4 Å². The molecule has 3 aliphatic rings. The first-order chi connectivity index (χ1) is 21.4. The van der Waals surface area contributed by atoms with Crippen molar-refractivity contribution < 1.29 is 28.2 Å². The Labute approximate surface area is 254 Å². The number of carbonyl (C=O) groups is 3. The van der Waals surface area contributed by atoms with E-state index in [1.165, 1.54) is 12.1 Å². The number of fused-ring (bicyclic) bond motifs is 7. The molecular weight excluding hydrogens is 563 g/mol. The predicted octanol–water partition coefficient (Wildman–Crippen LogP) is 3.92. The summed E-state index contributed by atoms with van der Waals surface area (Å²) in [5.74, 6) is -0.659. The fourth-order valence-corrected chi connectivity index (χ4v) is 5.33. The molecule has 9 nitrogen and oxygen atoms in total. The number of ether oxygens (including phenoxy) is 2. The van der Waals surface area contributed by atoms with E-state index in [0.717, 1.165) is 11.3 Å². The lowest BCUT2D eigenvalue weighted by molar-refractivity contribution is -0.130. The molecule has 4 heterocycles. The lowest BCUT2D eigenvalue weighted by Crippen LogP contribution is -2.45. The smallest absolute Gasteiger partial charge is 0.258 e. The number of likely N-dealkylation sites (tertiary alicyclic amines) is 1. The van der Waals surface area contributed by atoms with E-state index in [0.29, 0.717) is 35.6 Å². The number of amides is 3. The van der Waals surface area contributed by atoms with Crippen LogP contribution in [0.25, 0.3) is 11.1 Å². The highest BCUT2D eigenvalue weighted by Crippen LogP contribution is 2.27. The van der Waals surface area contributed by atoms with Gasteiger partial charge in [-0.05, 0) is 71.6 Å². The van der Waals surface area contributed by atoms with Gasteiger partial charge in [-0.1, -0.05) is 36.4 Å². The van der Waals surface area contributed by atoms with Crippen LogP contribution >= 0.6 is 0 Å². The van der Waals surface area contributed by atoms with Gasteiger partial charge in [0.15, 0.2) is 6.61 Å². The molecule has 0 radical (unpaired) electrons. The summed E-state index contributed by atoms with van der Waals surface area (Å²) in [5.41, 5.74) is 2.84. The SMILES string of the molecule is O=C1COc2cccc(c2)-c2ccc(F)c(c2)C(=O)N[C@H]2CN(C(=O)CCc3ccccn3)C[C@@H]2Oc2ccc(cc2)CN1. The van der Waals surface area contributed by atoms with Crippen molar-refractivity contribution in [2.45, 2.75) is 31.5 Å². The summed E-state index contributed by atoms with van der Waals surface area (Å²) in [7, 11) is 0. The molecule has 44 heavy (non-hydrogen) atoms. The Hall–Kier alpha value is -5.25. The third kappa shape index (κ3) is 6.86. The van der Waals surface area contributed by atoms with E-state index in [1.807, 2.05) is 36.4 Å². The molecule has 6 bridgehead atoms. The van der Waals surface area contributed by atoms with Crippen molar-refractivity contribution in [1.82, 2.24) is 20.5 Å². The highest BCUT2D eigenvalue weighted by molar-refractivity contribution is 5.96. The fraction of sp³-hybridized carbons (Fsp3) is 0.235. The number of aryl methyl sites for hydroxylation is 1. The zero-order valence-electron chi connectivity index (χ0n) is 23.9. The van der Waals surface area contributed by atoms with E-state index in [1.54, 1.807) is 47.5 Å². The number of nitrogens with zero attached hydrogens (tertiary/aromatic N) is 2. The van der Waals surface area contributed by atoms with Crippen molar-refractivity contribution in [1.29, 1.82) is 0 Å². The van der Waals surface area contributed by atoms with Crippen LogP contribution in [-0.2, 0) is 22.6 Å². The summed E-state index contributed by atoms with van der Waals surface area (Å²) in [5, 5.41) is 5.77. The average Bonchev–Trinajstić information content (AvgIpc) is 3.44. The number of nitrogens with one attached hydrogen (secondary N) is 2. The summed E-state index contributed by atoms with van der Waals surface area (Å²) in [6, 6.07) is 23.5. The Morgan fingerprint density at radius 2 is 1.77 bits per heavy atom. The van der Waals surface area contributed by atoms with Gasteiger partial charge in [-0.3, -0.25) is 19.4 Å². The molecule has 0 aliphatic carbocycles. The van der Waals surface area contributed by atoms with Crippen LogP contribution in [0.1, 0.15) is 28.0 Å². The lowest BCUT2D eigenvalue weighted by Gasteiger charge is -2.21. The molecule has 2 N–H and O–H groups in total. The topological polar surface area (TPSA) is 110 Å². The molecule has 0 unspecified atom stereocenters. The van der Waals surface area contributed by atoms with Crippen molar-refractivity contribution in [3.8, 4) is 22.6 Å². The Morgan fingerprint density at radius 1 is 0.932 bits per heavy atom. The summed E-state index contributed by atoms with van der Waals surface area (Å²) < 4.78 is 27.0. The van der Waals surface area contributed by atoms with Crippen LogP contribution in [0.15, 0.2) is 91.1 Å². The van der Waals surface area contributed by atoms with Crippen LogP contribution in [0.2, 0.25) is 0 Å². The Bertz CT molecular complexity index is 1660. The first-order valence-electron chi connectivity index (χ1n) is 14.4. The number of hydrogen-bond donors (Lipinski definition) is 2. The number of benzene rings is 3. The minimum absolute atomic E-state index is 0.0899. The maximum atomic E-state index is 15.0. The van der Waals surface area contributed by atoms with Gasteiger partial charge in [-0.25, -0.2) is 4.39 Å². The minimum atomic E-state index is -0.674. The predicted molar refractivity (Wildman–Crippen MR) is 160 cm³/mol. The van der Waals surface area contributed by atoms with Gasteiger partial charge in [0.2, 0.25) is 5.91 Å². The van der Waals surface area contributed by atoms with Gasteiger partial charge < -0.3 is 25.0 Å². The molecule has 10 heteroatoms. The molecule has 3 aromatic carbocycles. The lowest BCUT2D eigenvalue weighted by atomic mass is 10.0. The first kappa shape index (κ1) is 28.9. The van der Waals surface area contributed by atoms with Crippen LogP contribution < -0.4 is 20.1 Å². The number of pyridine rings is 1. The average molecular weight is 595 g/mol. The summed E-state index contributed by atoms with van der Waals surface area (Å²) in [6.45, 7) is 0.588. The minimum Gasteiger partial charge on any atom is -0.486 e. The highest BCUT2D eigenvalue weighted by Gasteiger charge is 2.38. The molecular formula is C34H31FN4O5. The largest absolute Gasteiger partial charge is 0.486 e. The molecule has 7 rings (SSSR count). The maximum absolute atomic E-state index is 15.0. The van der Waals surface area contributed by atoms with Gasteiger partial charge in [0.1, 0.15) is 23.4 Å². The molecule has 1 aromatic heterocycles. The summed E-state index contributed by atoms with van der Waals surface area (Å²) in [6.07, 6.45) is 1.86. The van der Waals surface area contributed by atoms with Gasteiger partial charge in [-0.15, -0.1) is 0 Å². The number of carbonyl (C=O) groups excluding carboxylic acids is 3. The standard InChI is InChI=1S/C34H31FN4O5/c35-29-13-9-24-17-28(29)34(42)38-30-19-39(33(41)14-10-25-5-1-2-15-36-25)20-31(30)44-26-11-7-22(8-12-26)18-37-32(40)21-43-27-6-3-4-23(24)16-27/h1-9,11-13,15-17,30-31H,10,14,18-21H2,(H,37,40)(H,38,42)/t30-,31-/m0/s1. The fourth-order valence-electron chi connectivity index (χ4n) is 5.33. The van der Waals surface area contributed by atoms with E-state index in [2.05, 4.69) is 15.6 Å². The van der Waals surface area contributed by atoms with Crippen LogP contribution in [-0.4, -0.2) is 59.4 Å². The van der Waals surface area contributed by atoms with Crippen molar-refractivity contribution >= 4 is 17.7 Å². The molecule has 3 aliphatic heterocycles. The quantitative estimate of drug-likeness (QED) is 0.372. The zero-order chi connectivity index (χ0) is 30.5. The molecule has 224 valence electrons. The second kappa shape index (κ2) is 12.9. The Balaban J connectivity index is 1.28.